The summed E-state index contributed by atoms with van der Waals surface area (Å²) in [5.74, 6) is -1.76. The van der Waals surface area contributed by atoms with Crippen LogP contribution >= 0.6 is 11.8 Å². The average molecular weight is 311 g/mol. The Labute approximate surface area is 125 Å². The number of thioether (sulfide) groups is 1. The molecule has 0 aromatic heterocycles. The predicted octanol–water partition coefficient (Wildman–Crippen LogP) is 1.75. The van der Waals surface area contributed by atoms with E-state index in [2.05, 4.69) is 0 Å². The number of ether oxygens (including phenoxy) is 1. The molecule has 1 atom stereocenters. The first-order chi connectivity index (χ1) is 10.0. The van der Waals surface area contributed by atoms with Crippen molar-refractivity contribution in [2.75, 3.05) is 17.3 Å². The van der Waals surface area contributed by atoms with Gasteiger partial charge in [0.15, 0.2) is 0 Å². The molecular weight excluding hydrogens is 297 g/mol. The zero-order valence-corrected chi connectivity index (χ0v) is 12.2. The van der Waals surface area contributed by atoms with Crippen LogP contribution in [0.2, 0.25) is 0 Å². The van der Waals surface area contributed by atoms with Crippen LogP contribution in [-0.4, -0.2) is 35.4 Å². The van der Waals surface area contributed by atoms with E-state index in [9.17, 15) is 18.8 Å². The van der Waals surface area contributed by atoms with Gasteiger partial charge >= 0.3 is 5.97 Å². The number of hydrogen-bond acceptors (Lipinski definition) is 5. The minimum absolute atomic E-state index is 0.000577. The summed E-state index contributed by atoms with van der Waals surface area (Å²) in [4.78, 5) is 36.4. The van der Waals surface area contributed by atoms with Gasteiger partial charge in [0.25, 0.3) is 0 Å². The largest absolute Gasteiger partial charge is 0.465 e. The SMILES string of the molecule is CCOC(=O)CSC1CC(=O)N(c2cccc(F)c2)C1=O. The third-order valence-corrected chi connectivity index (χ3v) is 4.05. The number of amides is 2. The summed E-state index contributed by atoms with van der Waals surface area (Å²) in [6.45, 7) is 1.96. The maximum Gasteiger partial charge on any atom is 0.315 e. The molecule has 0 aliphatic carbocycles. The van der Waals surface area contributed by atoms with Crippen molar-refractivity contribution in [3.8, 4) is 0 Å². The summed E-state index contributed by atoms with van der Waals surface area (Å²) in [6, 6.07) is 5.30. The molecule has 1 aliphatic heterocycles. The minimum atomic E-state index is -0.634. The number of carbonyl (C=O) groups is 3. The molecule has 1 aromatic rings. The van der Waals surface area contributed by atoms with Crippen LogP contribution < -0.4 is 4.90 Å². The summed E-state index contributed by atoms with van der Waals surface area (Å²) in [6.07, 6.45) is -0.000577. The molecule has 2 rings (SSSR count). The van der Waals surface area contributed by atoms with E-state index in [0.29, 0.717) is 0 Å². The highest BCUT2D eigenvalue weighted by Crippen LogP contribution is 2.29. The van der Waals surface area contributed by atoms with Gasteiger partial charge < -0.3 is 4.74 Å². The average Bonchev–Trinajstić information content (AvgIpc) is 2.71. The van der Waals surface area contributed by atoms with Crippen LogP contribution in [0.1, 0.15) is 13.3 Å². The van der Waals surface area contributed by atoms with Crippen molar-refractivity contribution in [1.29, 1.82) is 0 Å². The lowest BCUT2D eigenvalue weighted by Gasteiger charge is -2.14. The van der Waals surface area contributed by atoms with E-state index in [1.165, 1.54) is 18.2 Å². The van der Waals surface area contributed by atoms with Crippen LogP contribution in [0.5, 0.6) is 0 Å². The molecule has 1 fully saturated rings. The van der Waals surface area contributed by atoms with Crippen molar-refractivity contribution < 1.29 is 23.5 Å². The van der Waals surface area contributed by atoms with Crippen molar-refractivity contribution in [2.24, 2.45) is 0 Å². The third-order valence-electron chi connectivity index (χ3n) is 2.88. The van der Waals surface area contributed by atoms with E-state index in [1.807, 2.05) is 0 Å². The number of esters is 1. The number of imide groups is 1. The van der Waals surface area contributed by atoms with Crippen LogP contribution in [0.4, 0.5) is 10.1 Å². The maximum atomic E-state index is 13.2. The molecule has 0 saturated carbocycles. The molecule has 2 amide bonds. The molecular formula is C14H14FNO4S. The summed E-state index contributed by atoms with van der Waals surface area (Å²) >= 11 is 1.07. The minimum Gasteiger partial charge on any atom is -0.465 e. The van der Waals surface area contributed by atoms with Gasteiger partial charge in [0.05, 0.1) is 23.3 Å². The Morgan fingerprint density at radius 1 is 1.48 bits per heavy atom. The second-order valence-corrected chi connectivity index (χ2v) is 5.55. The topological polar surface area (TPSA) is 63.7 Å². The van der Waals surface area contributed by atoms with Crippen molar-refractivity contribution in [3.63, 3.8) is 0 Å². The molecule has 1 saturated heterocycles. The van der Waals surface area contributed by atoms with Crippen molar-refractivity contribution in [2.45, 2.75) is 18.6 Å². The highest BCUT2D eigenvalue weighted by Gasteiger charge is 2.40. The van der Waals surface area contributed by atoms with Crippen LogP contribution in [0.15, 0.2) is 24.3 Å². The van der Waals surface area contributed by atoms with Gasteiger partial charge in [0, 0.05) is 6.42 Å². The predicted molar refractivity (Wildman–Crippen MR) is 76.4 cm³/mol. The first-order valence-corrected chi connectivity index (χ1v) is 7.47. The lowest BCUT2D eigenvalue weighted by molar-refractivity contribution is -0.139. The Morgan fingerprint density at radius 2 is 2.24 bits per heavy atom. The number of rotatable bonds is 5. The molecule has 0 N–H and O–H groups in total. The molecule has 21 heavy (non-hydrogen) atoms. The van der Waals surface area contributed by atoms with Gasteiger partial charge in [-0.05, 0) is 25.1 Å². The van der Waals surface area contributed by atoms with Gasteiger partial charge in [-0.1, -0.05) is 6.07 Å². The zero-order chi connectivity index (χ0) is 15.4. The van der Waals surface area contributed by atoms with E-state index in [4.69, 9.17) is 4.74 Å². The molecule has 1 heterocycles. The first-order valence-electron chi connectivity index (χ1n) is 6.42. The van der Waals surface area contributed by atoms with Crippen molar-refractivity contribution in [1.82, 2.24) is 0 Å². The number of hydrogen-bond donors (Lipinski definition) is 0. The number of nitrogens with zero attached hydrogens (tertiary/aromatic N) is 1. The quantitative estimate of drug-likeness (QED) is 0.612. The van der Waals surface area contributed by atoms with E-state index in [1.54, 1.807) is 6.92 Å². The Kier molecular flexibility index (Phi) is 4.95. The van der Waals surface area contributed by atoms with E-state index < -0.39 is 28.9 Å². The van der Waals surface area contributed by atoms with Gasteiger partial charge in [-0.2, -0.15) is 0 Å². The standard InChI is InChI=1S/C14H14FNO4S/c1-2-20-13(18)8-21-11-7-12(17)16(14(11)19)10-5-3-4-9(15)6-10/h3-6,11H,2,7-8H2,1H3. The molecule has 1 aromatic carbocycles. The van der Waals surface area contributed by atoms with E-state index in [-0.39, 0.29) is 24.5 Å². The van der Waals surface area contributed by atoms with Crippen LogP contribution in [0.25, 0.3) is 0 Å². The fourth-order valence-electron chi connectivity index (χ4n) is 1.99. The molecule has 0 bridgehead atoms. The normalized spacial score (nSPS) is 18.2. The Morgan fingerprint density at radius 3 is 2.90 bits per heavy atom. The van der Waals surface area contributed by atoms with Crippen LogP contribution in [-0.2, 0) is 19.1 Å². The fourth-order valence-corrected chi connectivity index (χ4v) is 2.92. The van der Waals surface area contributed by atoms with Crippen LogP contribution in [0, 0.1) is 5.82 Å². The summed E-state index contributed by atoms with van der Waals surface area (Å²) in [7, 11) is 0. The van der Waals surface area contributed by atoms with E-state index in [0.717, 1.165) is 22.7 Å². The molecule has 5 nitrogen and oxygen atoms in total. The Balaban J connectivity index is 2.05. The smallest absolute Gasteiger partial charge is 0.315 e. The second kappa shape index (κ2) is 6.71. The first kappa shape index (κ1) is 15.5. The molecule has 1 aliphatic rings. The van der Waals surface area contributed by atoms with Gasteiger partial charge in [-0.3, -0.25) is 14.4 Å². The second-order valence-electron chi connectivity index (χ2n) is 4.36. The summed E-state index contributed by atoms with van der Waals surface area (Å²) in [5, 5.41) is -0.634. The molecule has 1 unspecified atom stereocenters. The van der Waals surface area contributed by atoms with Gasteiger partial charge in [-0.15, -0.1) is 11.8 Å². The Bertz CT molecular complexity index is 578. The van der Waals surface area contributed by atoms with Crippen molar-refractivity contribution >= 4 is 35.2 Å². The lowest BCUT2D eigenvalue weighted by atomic mass is 10.3. The lowest BCUT2D eigenvalue weighted by Crippen LogP contribution is -2.31. The molecule has 112 valence electrons. The number of carbonyl (C=O) groups excluding carboxylic acids is 3. The summed E-state index contributed by atoms with van der Waals surface area (Å²) in [5.41, 5.74) is 0.212. The highest BCUT2D eigenvalue weighted by molar-refractivity contribution is 8.01. The van der Waals surface area contributed by atoms with Gasteiger partial charge in [0.1, 0.15) is 5.82 Å². The van der Waals surface area contributed by atoms with Gasteiger partial charge in [0.2, 0.25) is 11.8 Å². The number of halogens is 1. The summed E-state index contributed by atoms with van der Waals surface area (Å²) < 4.78 is 18.0. The maximum absolute atomic E-state index is 13.2. The molecule has 0 spiro atoms. The van der Waals surface area contributed by atoms with Crippen molar-refractivity contribution in [3.05, 3.63) is 30.1 Å². The molecule has 0 radical (unpaired) electrons. The molecule has 7 heteroatoms. The highest BCUT2D eigenvalue weighted by atomic mass is 32.2. The third kappa shape index (κ3) is 3.60. The van der Waals surface area contributed by atoms with Crippen LogP contribution in [0.3, 0.4) is 0 Å². The van der Waals surface area contributed by atoms with E-state index >= 15 is 0 Å². The number of anilines is 1. The fraction of sp³-hybridized carbons (Fsp3) is 0.357. The van der Waals surface area contributed by atoms with Gasteiger partial charge in [-0.25, -0.2) is 9.29 Å². The number of benzene rings is 1. The monoisotopic (exact) mass is 311 g/mol. The Hall–Kier alpha value is -1.89. The zero-order valence-electron chi connectivity index (χ0n) is 11.4.